The minimum atomic E-state index is 0.455. The van der Waals surface area contributed by atoms with Gasteiger partial charge in [0.2, 0.25) is 31.0 Å². The number of hydrogen-bond donors (Lipinski definition) is 0. The van der Waals surface area contributed by atoms with E-state index in [-0.39, 0.29) is 0 Å². The first kappa shape index (κ1) is 75.9. The summed E-state index contributed by atoms with van der Waals surface area (Å²) in [5, 5.41) is 6.17. The van der Waals surface area contributed by atoms with Gasteiger partial charge in [-0.15, -0.1) is 46.8 Å². The molecule has 0 saturated carbocycles. The summed E-state index contributed by atoms with van der Waals surface area (Å²) in [7, 11) is 10.3. The molecule has 17 rings (SSSR count). The first-order valence-electron chi connectivity index (χ1n) is 38.1. The maximum atomic E-state index is 5.00. The van der Waals surface area contributed by atoms with Crippen molar-refractivity contribution >= 4 is 54.5 Å². The fourth-order valence-corrected chi connectivity index (χ4v) is 16.0. The van der Waals surface area contributed by atoms with Crippen molar-refractivity contribution in [2.45, 2.75) is 123 Å². The van der Waals surface area contributed by atoms with Crippen LogP contribution >= 0.6 is 0 Å². The Balaban J connectivity index is 0.000000123. The fraction of sp³-hybridized carbons (Fsp3) is 0.242. The molecule has 0 N–H and O–H groups in total. The summed E-state index contributed by atoms with van der Waals surface area (Å²) in [6, 6.07) is 66.0. The van der Waals surface area contributed by atoms with Gasteiger partial charge in [-0.05, 0) is 236 Å². The average Bonchev–Trinajstić information content (AvgIpc) is 1.51. The molecule has 10 heterocycles. The molecule has 110 heavy (non-hydrogen) atoms. The molecule has 0 atom stereocenters. The minimum absolute atomic E-state index is 0.455. The normalized spacial score (nSPS) is 11.3. The third-order valence-electron chi connectivity index (χ3n) is 20.9. The molecule has 10 aromatic heterocycles. The van der Waals surface area contributed by atoms with Crippen LogP contribution in [0.4, 0.5) is 0 Å². The lowest BCUT2D eigenvalue weighted by Gasteiger charge is -2.20. The molecule has 0 unspecified atom stereocenters. The van der Waals surface area contributed by atoms with Crippen LogP contribution in [0.2, 0.25) is 0 Å². The fourth-order valence-electron chi connectivity index (χ4n) is 16.0. The van der Waals surface area contributed by atoms with Crippen molar-refractivity contribution in [2.75, 3.05) is 0 Å². The molecule has 0 saturated heterocycles. The highest BCUT2D eigenvalue weighted by Gasteiger charge is 2.26. The first-order valence-corrected chi connectivity index (χ1v) is 38.1. The molecule has 0 aliphatic heterocycles. The maximum Gasteiger partial charge on any atom is 0.203 e. The van der Waals surface area contributed by atoms with Crippen molar-refractivity contribution in [1.29, 1.82) is 0 Å². The Labute approximate surface area is 647 Å². The molecule has 0 aliphatic carbocycles. The molecule has 7 aromatic carbocycles. The largest absolute Gasteiger partial charge is 0.259 e. The third-order valence-corrected chi connectivity index (χ3v) is 20.9. The lowest BCUT2D eigenvalue weighted by atomic mass is 9.86. The molecule has 0 aliphatic rings. The van der Waals surface area contributed by atoms with Crippen molar-refractivity contribution < 1.29 is 23.4 Å². The summed E-state index contributed by atoms with van der Waals surface area (Å²) < 4.78 is 21.7. The monoisotopic (exact) mass is 1450 g/mol. The van der Waals surface area contributed by atoms with Gasteiger partial charge >= 0.3 is 0 Å². The van der Waals surface area contributed by atoms with Gasteiger partial charge in [0.05, 0.1) is 67.8 Å². The predicted octanol–water partition coefficient (Wildman–Crippen LogP) is 18.5. The van der Waals surface area contributed by atoms with Crippen LogP contribution in [-0.4, -0.2) is 48.3 Å². The van der Waals surface area contributed by atoms with Crippen molar-refractivity contribution in [3.05, 3.63) is 316 Å². The van der Waals surface area contributed by atoms with Crippen LogP contribution in [0.25, 0.3) is 105 Å². The zero-order valence-electron chi connectivity index (χ0n) is 67.9. The number of para-hydroxylation sites is 5. The number of rotatable bonds is 9. The van der Waals surface area contributed by atoms with E-state index >= 15 is 0 Å². The number of aromatic nitrogens is 15. The lowest BCUT2D eigenvalue weighted by molar-refractivity contribution is -0.742. The van der Waals surface area contributed by atoms with E-state index in [1.807, 2.05) is 32.4 Å². The van der Waals surface area contributed by atoms with E-state index in [0.717, 1.165) is 56.9 Å². The van der Waals surface area contributed by atoms with E-state index in [1.165, 1.54) is 127 Å². The Morgan fingerprint density at radius 2 is 0.627 bits per heavy atom. The Kier molecular flexibility index (Phi) is 22.0. The number of pyridine rings is 5. The van der Waals surface area contributed by atoms with Crippen LogP contribution in [0.5, 0.6) is 0 Å². The summed E-state index contributed by atoms with van der Waals surface area (Å²) in [4.78, 5) is 23.4. The van der Waals surface area contributed by atoms with Gasteiger partial charge in [-0.2, -0.15) is 0 Å². The van der Waals surface area contributed by atoms with Crippen LogP contribution in [0.15, 0.2) is 238 Å². The smallest absolute Gasteiger partial charge is 0.203 e. The quantitative estimate of drug-likeness (QED) is 0.134. The minimum Gasteiger partial charge on any atom is -0.259 e. The van der Waals surface area contributed by atoms with Crippen molar-refractivity contribution in [1.82, 2.24) is 48.3 Å². The number of aryl methyl sites for hydroxylation is 17. The van der Waals surface area contributed by atoms with E-state index in [0.29, 0.717) is 11.8 Å². The van der Waals surface area contributed by atoms with Gasteiger partial charge in [-0.25, -0.2) is 0 Å². The lowest BCUT2D eigenvalue weighted by Crippen LogP contribution is -2.37. The number of fused-ring (bicyclic) bond motifs is 5. The highest BCUT2D eigenvalue weighted by atomic mass is 15.4. The zero-order chi connectivity index (χ0) is 78.1. The molecule has 554 valence electrons. The second-order valence-electron chi connectivity index (χ2n) is 30.1. The molecule has 0 fully saturated rings. The van der Waals surface area contributed by atoms with Gasteiger partial charge in [0.15, 0.2) is 35.2 Å². The first-order chi connectivity index (χ1) is 52.8. The number of benzene rings is 7. The van der Waals surface area contributed by atoms with Crippen LogP contribution in [0.3, 0.4) is 0 Å². The van der Waals surface area contributed by atoms with Gasteiger partial charge in [0.1, 0.15) is 56.0 Å². The third kappa shape index (κ3) is 15.0. The van der Waals surface area contributed by atoms with Crippen molar-refractivity contribution in [3.8, 4) is 51.0 Å². The van der Waals surface area contributed by atoms with Crippen LogP contribution in [-0.2, 0) is 35.2 Å². The van der Waals surface area contributed by atoms with Gasteiger partial charge in [0.25, 0.3) is 0 Å². The molecular formula is C95H104N15+5. The van der Waals surface area contributed by atoms with Crippen molar-refractivity contribution in [3.63, 3.8) is 0 Å². The second-order valence-corrected chi connectivity index (χ2v) is 30.1. The van der Waals surface area contributed by atoms with Gasteiger partial charge in [0, 0.05) is 28.7 Å². The van der Waals surface area contributed by atoms with Crippen LogP contribution in [0.1, 0.15) is 118 Å². The molecule has 0 amide bonds. The average molecular weight is 1460 g/mol. The summed E-state index contributed by atoms with van der Waals surface area (Å²) in [5.41, 5.74) is 33.1. The number of nitrogens with zero attached hydrogens (tertiary/aromatic N) is 15. The topological polar surface area (TPSA) is 108 Å². The highest BCUT2D eigenvalue weighted by Crippen LogP contribution is 2.37. The Morgan fingerprint density at radius 1 is 0.282 bits per heavy atom. The summed E-state index contributed by atoms with van der Waals surface area (Å²) in [6.07, 6.45) is 16.6. The van der Waals surface area contributed by atoms with E-state index in [9.17, 15) is 0 Å². The van der Waals surface area contributed by atoms with Crippen LogP contribution in [0, 0.1) is 83.1 Å². The molecule has 15 heteroatoms. The standard InChI is InChI=1S/C26H30N3.C23H24N3.C16H18N3.2C15H16N3/c1-17(2)21-11-9-12-22(18(3)4)26(21)23-14-19(5)25(15-27-23)29-24-13-8-7-10-20(24)16-28(29)6;1-15-9-8-10-16(2)22(15)20-13-17(3)23(18(4)24-20)26-21-12-7-6-11-19(21)14-25(26)5;1-11-9-12(2)17-13(3)16(11)19-15-8-6-5-7-14(15)10-18(19)4;1-11-8-12(2)16-9-15(11)18-14-7-5-4-6-13(14)10-17(18)3;1-11-8-9-16-12(2)15(11)18-14-7-5-4-6-13(14)10-17(18)3/h7-18H,1-6H3;6-14H,1-5H3;5-10H,1-4H3;2*4-10H,1-3H3/q5*+1. The van der Waals surface area contributed by atoms with E-state index in [1.54, 1.807) is 0 Å². The van der Waals surface area contributed by atoms with E-state index in [4.69, 9.17) is 9.97 Å². The second kappa shape index (κ2) is 31.8. The molecule has 0 spiro atoms. The highest BCUT2D eigenvalue weighted by molar-refractivity contribution is 5.83. The molecule has 0 bridgehead atoms. The SMILES string of the molecule is Cc1cc(-c2c(C(C)C)cccc2C(C)C)ncc1-n1c2ccccc2c[n+]1C.Cc1cc(C)c(-n2c3ccccc3c[n+]2C)c(C)n1.Cc1cc(C)c(-n2c3ccccc3c[n+]2C)cn1.Cc1cccc(C)c1-c1cc(C)c(-n2c3ccccc3c[n+]2C)c(C)n1.Cc1ccnc(C)c1-n1c2ccccc2c[n+]1C. The molecular weight excluding hydrogens is 1350 g/mol. The van der Waals surface area contributed by atoms with Gasteiger partial charge in [-0.3, -0.25) is 24.9 Å². The maximum absolute atomic E-state index is 5.00. The Morgan fingerprint density at radius 3 is 1.02 bits per heavy atom. The van der Waals surface area contributed by atoms with E-state index < -0.39 is 0 Å². The van der Waals surface area contributed by atoms with Gasteiger partial charge < -0.3 is 0 Å². The van der Waals surface area contributed by atoms with Gasteiger partial charge in [-0.1, -0.05) is 125 Å². The Hall–Kier alpha value is -12.4. The summed E-state index contributed by atoms with van der Waals surface area (Å²) >= 11 is 0. The molecule has 15 nitrogen and oxygen atoms in total. The van der Waals surface area contributed by atoms with E-state index in [2.05, 4.69) is 413 Å². The molecule has 0 radical (unpaired) electrons. The summed E-state index contributed by atoms with van der Waals surface area (Å²) in [5.74, 6) is 0.911. The number of hydrogen-bond acceptors (Lipinski definition) is 5. The zero-order valence-corrected chi connectivity index (χ0v) is 67.9. The molecule has 17 aromatic rings. The van der Waals surface area contributed by atoms with Crippen LogP contribution < -0.4 is 23.4 Å². The Bertz CT molecular complexity index is 6170. The van der Waals surface area contributed by atoms with Crippen molar-refractivity contribution in [2.24, 2.45) is 35.2 Å². The predicted molar refractivity (Wildman–Crippen MR) is 447 cm³/mol. The summed E-state index contributed by atoms with van der Waals surface area (Å²) in [6.45, 7) is 34.4.